The summed E-state index contributed by atoms with van der Waals surface area (Å²) in [5, 5.41) is 8.50. The Morgan fingerprint density at radius 2 is 1.64 bits per heavy atom. The molecule has 4 rings (SSSR count). The lowest BCUT2D eigenvalue weighted by atomic mass is 10.1. The summed E-state index contributed by atoms with van der Waals surface area (Å²) in [4.78, 5) is 9.40. The maximum Gasteiger partial charge on any atom is 0.229 e. The summed E-state index contributed by atoms with van der Waals surface area (Å²) in [6, 6.07) is 24.2. The second kappa shape index (κ2) is 7.87. The third-order valence-electron chi connectivity index (χ3n) is 4.68. The van der Waals surface area contributed by atoms with Crippen molar-refractivity contribution in [2.24, 2.45) is 0 Å². The van der Waals surface area contributed by atoms with E-state index in [1.165, 1.54) is 5.56 Å². The van der Waals surface area contributed by atoms with Crippen molar-refractivity contribution in [3.8, 4) is 0 Å². The molecule has 0 aliphatic carbocycles. The van der Waals surface area contributed by atoms with Crippen LogP contribution in [-0.4, -0.2) is 9.97 Å². The van der Waals surface area contributed by atoms with E-state index in [4.69, 9.17) is 16.6 Å². The molecule has 0 saturated heterocycles. The van der Waals surface area contributed by atoms with Crippen LogP contribution in [0, 0.1) is 6.92 Å². The zero-order valence-corrected chi connectivity index (χ0v) is 16.5. The molecule has 4 aromatic rings. The molecule has 0 fully saturated rings. The fourth-order valence-electron chi connectivity index (χ4n) is 3.07. The van der Waals surface area contributed by atoms with Crippen LogP contribution < -0.4 is 10.6 Å². The lowest BCUT2D eigenvalue weighted by Gasteiger charge is -2.17. The Kier molecular flexibility index (Phi) is 5.13. The Labute approximate surface area is 169 Å². The van der Waals surface area contributed by atoms with E-state index in [0.717, 1.165) is 28.0 Å². The maximum atomic E-state index is 6.25. The van der Waals surface area contributed by atoms with Gasteiger partial charge in [-0.15, -0.1) is 0 Å². The molecule has 0 saturated carbocycles. The van der Waals surface area contributed by atoms with E-state index in [1.54, 1.807) is 0 Å². The van der Waals surface area contributed by atoms with Crippen molar-refractivity contribution in [1.29, 1.82) is 0 Å². The first kappa shape index (κ1) is 18.3. The van der Waals surface area contributed by atoms with Crippen LogP contribution in [0.15, 0.2) is 72.8 Å². The van der Waals surface area contributed by atoms with E-state index >= 15 is 0 Å². The summed E-state index contributed by atoms with van der Waals surface area (Å²) in [6.45, 7) is 4.10. The number of para-hydroxylation sites is 1. The lowest BCUT2D eigenvalue weighted by Crippen LogP contribution is -2.10. The Balaban J connectivity index is 1.69. The van der Waals surface area contributed by atoms with Gasteiger partial charge in [-0.1, -0.05) is 60.1 Å². The fraction of sp³-hybridized carbons (Fsp3) is 0.130. The summed E-state index contributed by atoms with van der Waals surface area (Å²) < 4.78 is 0. The third kappa shape index (κ3) is 3.92. The van der Waals surface area contributed by atoms with E-state index in [1.807, 2.05) is 67.6 Å². The van der Waals surface area contributed by atoms with Gasteiger partial charge in [0.2, 0.25) is 5.95 Å². The number of aromatic nitrogens is 2. The van der Waals surface area contributed by atoms with Gasteiger partial charge in [0.05, 0.1) is 5.52 Å². The normalized spacial score (nSPS) is 12.0. The molecule has 140 valence electrons. The zero-order chi connectivity index (χ0) is 19.5. The number of nitrogens with zero attached hydrogens (tertiary/aromatic N) is 2. The van der Waals surface area contributed by atoms with Crippen molar-refractivity contribution >= 4 is 40.0 Å². The van der Waals surface area contributed by atoms with Gasteiger partial charge in [-0.2, -0.15) is 4.98 Å². The minimum absolute atomic E-state index is 0.112. The highest BCUT2D eigenvalue weighted by Gasteiger charge is 2.12. The highest BCUT2D eigenvalue weighted by molar-refractivity contribution is 6.31. The first-order chi connectivity index (χ1) is 13.6. The molecule has 2 N–H and O–H groups in total. The predicted molar refractivity (Wildman–Crippen MR) is 117 cm³/mol. The van der Waals surface area contributed by atoms with Crippen molar-refractivity contribution < 1.29 is 0 Å². The van der Waals surface area contributed by atoms with Crippen LogP contribution in [0.25, 0.3) is 10.9 Å². The SMILES string of the molecule is Cc1ccc(Nc2nc(NC(C)c3ccccc3)c3ccccc3n2)cc1Cl. The average Bonchev–Trinajstić information content (AvgIpc) is 2.71. The van der Waals surface area contributed by atoms with Crippen LogP contribution in [0.3, 0.4) is 0 Å². The van der Waals surface area contributed by atoms with Gasteiger partial charge in [0.25, 0.3) is 0 Å². The summed E-state index contributed by atoms with van der Waals surface area (Å²) in [5.41, 5.74) is 3.96. The Hall–Kier alpha value is -3.11. The van der Waals surface area contributed by atoms with Crippen LogP contribution in [0.4, 0.5) is 17.5 Å². The first-order valence-corrected chi connectivity index (χ1v) is 9.59. The van der Waals surface area contributed by atoms with Gasteiger partial charge in [-0.05, 0) is 49.2 Å². The van der Waals surface area contributed by atoms with Gasteiger partial charge in [0.1, 0.15) is 5.82 Å². The van der Waals surface area contributed by atoms with Crippen molar-refractivity contribution in [2.45, 2.75) is 19.9 Å². The molecule has 0 radical (unpaired) electrons. The smallest absolute Gasteiger partial charge is 0.229 e. The van der Waals surface area contributed by atoms with Crippen molar-refractivity contribution in [1.82, 2.24) is 9.97 Å². The number of nitrogens with one attached hydrogen (secondary N) is 2. The Bertz CT molecular complexity index is 1110. The van der Waals surface area contributed by atoms with Crippen molar-refractivity contribution in [3.05, 3.63) is 88.9 Å². The van der Waals surface area contributed by atoms with E-state index in [0.29, 0.717) is 11.0 Å². The summed E-state index contributed by atoms with van der Waals surface area (Å²) >= 11 is 6.25. The number of rotatable bonds is 5. The number of halogens is 1. The molecule has 4 nitrogen and oxygen atoms in total. The molecule has 5 heteroatoms. The number of fused-ring (bicyclic) bond motifs is 1. The Morgan fingerprint density at radius 3 is 2.43 bits per heavy atom. The molecular formula is C23H21ClN4. The van der Waals surface area contributed by atoms with Crippen LogP contribution in [-0.2, 0) is 0 Å². The highest BCUT2D eigenvalue weighted by atomic mass is 35.5. The molecule has 0 aliphatic rings. The quantitative estimate of drug-likeness (QED) is 0.409. The van der Waals surface area contributed by atoms with Crippen LogP contribution >= 0.6 is 11.6 Å². The fourth-order valence-corrected chi connectivity index (χ4v) is 3.25. The minimum Gasteiger partial charge on any atom is -0.363 e. The molecule has 0 spiro atoms. The highest BCUT2D eigenvalue weighted by Crippen LogP contribution is 2.28. The number of hydrogen-bond acceptors (Lipinski definition) is 4. The molecule has 0 amide bonds. The molecule has 0 aliphatic heterocycles. The van der Waals surface area contributed by atoms with Gasteiger partial charge in [0, 0.05) is 22.1 Å². The van der Waals surface area contributed by atoms with E-state index in [-0.39, 0.29) is 6.04 Å². The van der Waals surface area contributed by atoms with E-state index < -0.39 is 0 Å². The largest absolute Gasteiger partial charge is 0.363 e. The lowest BCUT2D eigenvalue weighted by molar-refractivity contribution is 0.876. The molecular weight excluding hydrogens is 368 g/mol. The van der Waals surface area contributed by atoms with Gasteiger partial charge >= 0.3 is 0 Å². The van der Waals surface area contributed by atoms with E-state index in [2.05, 4.69) is 34.7 Å². The van der Waals surface area contributed by atoms with Crippen LogP contribution in [0.1, 0.15) is 24.1 Å². The standard InChI is InChI=1S/C23H21ClN4/c1-15-12-13-18(14-20(15)24)26-23-27-21-11-7-6-10-19(21)22(28-23)25-16(2)17-8-4-3-5-9-17/h3-14,16H,1-2H3,(H2,25,26,27,28). The molecule has 0 bridgehead atoms. The second-order valence-corrected chi connectivity index (χ2v) is 7.19. The van der Waals surface area contributed by atoms with Gasteiger partial charge in [0.15, 0.2) is 0 Å². The third-order valence-corrected chi connectivity index (χ3v) is 5.09. The number of anilines is 3. The zero-order valence-electron chi connectivity index (χ0n) is 15.8. The molecule has 3 aromatic carbocycles. The molecule has 1 heterocycles. The van der Waals surface area contributed by atoms with Crippen molar-refractivity contribution in [3.63, 3.8) is 0 Å². The van der Waals surface area contributed by atoms with Crippen LogP contribution in [0.2, 0.25) is 5.02 Å². The molecule has 1 aromatic heterocycles. The van der Waals surface area contributed by atoms with Crippen LogP contribution in [0.5, 0.6) is 0 Å². The number of hydrogen-bond donors (Lipinski definition) is 2. The predicted octanol–water partition coefficient (Wildman–Crippen LogP) is 6.51. The van der Waals surface area contributed by atoms with Gasteiger partial charge in [-0.25, -0.2) is 4.98 Å². The topological polar surface area (TPSA) is 49.8 Å². The number of benzene rings is 3. The Morgan fingerprint density at radius 1 is 0.893 bits per heavy atom. The maximum absolute atomic E-state index is 6.25. The monoisotopic (exact) mass is 388 g/mol. The molecule has 1 atom stereocenters. The summed E-state index contributed by atoms with van der Waals surface area (Å²) in [7, 11) is 0. The summed E-state index contributed by atoms with van der Waals surface area (Å²) in [6.07, 6.45) is 0. The number of aryl methyl sites for hydroxylation is 1. The minimum atomic E-state index is 0.112. The van der Waals surface area contributed by atoms with E-state index in [9.17, 15) is 0 Å². The van der Waals surface area contributed by atoms with Gasteiger partial charge in [-0.3, -0.25) is 0 Å². The molecule has 1 unspecified atom stereocenters. The average molecular weight is 389 g/mol. The second-order valence-electron chi connectivity index (χ2n) is 6.78. The first-order valence-electron chi connectivity index (χ1n) is 9.21. The summed E-state index contributed by atoms with van der Waals surface area (Å²) in [5.74, 6) is 1.32. The van der Waals surface area contributed by atoms with Gasteiger partial charge < -0.3 is 10.6 Å². The van der Waals surface area contributed by atoms with Crippen molar-refractivity contribution in [2.75, 3.05) is 10.6 Å². The molecule has 28 heavy (non-hydrogen) atoms.